The lowest BCUT2D eigenvalue weighted by atomic mass is 9.81. The van der Waals surface area contributed by atoms with Crippen molar-refractivity contribution in [2.45, 2.75) is 0 Å². The summed E-state index contributed by atoms with van der Waals surface area (Å²) in [5.74, 6) is -0.290. The standard InChI is InChI=1S/C10H14BBrFN3O2/c1-15-2-4-16(5-3-15)8-6-7(11(17)18)9(12)10(13)14-8/h6,17-18H,2-5H2,1H3. The van der Waals surface area contributed by atoms with Crippen molar-refractivity contribution < 1.29 is 14.4 Å². The molecule has 1 fully saturated rings. The number of likely N-dealkylation sites (N-methyl/N-ethyl adjacent to an activating group) is 1. The smallest absolute Gasteiger partial charge is 0.423 e. The van der Waals surface area contributed by atoms with Gasteiger partial charge in [-0.1, -0.05) is 0 Å². The molecule has 18 heavy (non-hydrogen) atoms. The average molecular weight is 318 g/mol. The Kier molecular flexibility index (Phi) is 4.21. The first-order chi connectivity index (χ1) is 8.49. The van der Waals surface area contributed by atoms with Gasteiger partial charge in [-0.3, -0.25) is 0 Å². The number of piperazine rings is 1. The van der Waals surface area contributed by atoms with Crippen molar-refractivity contribution in [3.8, 4) is 0 Å². The molecule has 98 valence electrons. The Labute approximate surface area is 114 Å². The number of halogens is 2. The van der Waals surface area contributed by atoms with E-state index in [2.05, 4.69) is 25.8 Å². The van der Waals surface area contributed by atoms with Gasteiger partial charge in [0.1, 0.15) is 5.82 Å². The van der Waals surface area contributed by atoms with Crippen LogP contribution in [0.1, 0.15) is 0 Å². The summed E-state index contributed by atoms with van der Waals surface area (Å²) in [6.07, 6.45) is 0. The molecule has 0 spiro atoms. The number of hydrogen-bond acceptors (Lipinski definition) is 5. The SMILES string of the molecule is CN1CCN(c2cc(B(O)O)c(Br)c(F)n2)CC1. The molecule has 0 amide bonds. The number of anilines is 1. The predicted molar refractivity (Wildman–Crippen MR) is 71.4 cm³/mol. The minimum atomic E-state index is -1.72. The third-order valence-electron chi connectivity index (χ3n) is 3.04. The molecule has 0 atom stereocenters. The zero-order valence-electron chi connectivity index (χ0n) is 9.98. The van der Waals surface area contributed by atoms with E-state index in [0.717, 1.165) is 26.2 Å². The number of rotatable bonds is 2. The molecule has 8 heteroatoms. The van der Waals surface area contributed by atoms with E-state index < -0.39 is 13.1 Å². The zero-order valence-corrected chi connectivity index (χ0v) is 11.6. The minimum absolute atomic E-state index is 0.00428. The van der Waals surface area contributed by atoms with Crippen LogP contribution in [-0.2, 0) is 0 Å². The van der Waals surface area contributed by atoms with E-state index in [4.69, 9.17) is 0 Å². The normalized spacial score (nSPS) is 17.1. The monoisotopic (exact) mass is 317 g/mol. The zero-order chi connectivity index (χ0) is 13.3. The molecular formula is C10H14BBrFN3O2. The molecule has 0 aliphatic carbocycles. The first-order valence-electron chi connectivity index (χ1n) is 5.64. The second-order valence-electron chi connectivity index (χ2n) is 4.34. The molecule has 1 aromatic rings. The molecule has 5 nitrogen and oxygen atoms in total. The largest absolute Gasteiger partial charge is 0.489 e. The van der Waals surface area contributed by atoms with Gasteiger partial charge in [-0.2, -0.15) is 4.39 Å². The summed E-state index contributed by atoms with van der Waals surface area (Å²) in [7, 11) is 0.304. The summed E-state index contributed by atoms with van der Waals surface area (Å²) in [5.41, 5.74) is 0.0939. The van der Waals surface area contributed by atoms with Crippen LogP contribution < -0.4 is 10.4 Å². The highest BCUT2D eigenvalue weighted by molar-refractivity contribution is 9.10. The van der Waals surface area contributed by atoms with Gasteiger partial charge < -0.3 is 19.8 Å². The van der Waals surface area contributed by atoms with Gasteiger partial charge in [0, 0.05) is 31.6 Å². The fraction of sp³-hybridized carbons (Fsp3) is 0.500. The molecule has 0 saturated carbocycles. The number of hydrogen-bond donors (Lipinski definition) is 2. The van der Waals surface area contributed by atoms with Gasteiger partial charge in [0.25, 0.3) is 0 Å². The summed E-state index contributed by atoms with van der Waals surface area (Å²) in [5, 5.41) is 18.4. The van der Waals surface area contributed by atoms with Crippen molar-refractivity contribution in [3.05, 3.63) is 16.5 Å². The maximum atomic E-state index is 13.6. The van der Waals surface area contributed by atoms with Crippen LogP contribution >= 0.6 is 15.9 Å². The number of aromatic nitrogens is 1. The molecule has 1 aromatic heterocycles. The summed E-state index contributed by atoms with van der Waals surface area (Å²) >= 11 is 2.96. The van der Waals surface area contributed by atoms with Crippen molar-refractivity contribution in [2.75, 3.05) is 38.1 Å². The van der Waals surface area contributed by atoms with Gasteiger partial charge in [0.15, 0.2) is 0 Å². The second-order valence-corrected chi connectivity index (χ2v) is 5.13. The summed E-state index contributed by atoms with van der Waals surface area (Å²) < 4.78 is 13.6. The molecule has 2 heterocycles. The van der Waals surface area contributed by atoms with Crippen molar-refractivity contribution in [2.24, 2.45) is 0 Å². The van der Waals surface area contributed by atoms with Crippen molar-refractivity contribution >= 4 is 34.3 Å². The van der Waals surface area contributed by atoms with Gasteiger partial charge in [-0.05, 0) is 29.0 Å². The van der Waals surface area contributed by atoms with E-state index in [1.165, 1.54) is 6.07 Å². The molecule has 0 unspecified atom stereocenters. The Balaban J connectivity index is 2.28. The van der Waals surface area contributed by atoms with Crippen molar-refractivity contribution in [1.82, 2.24) is 9.88 Å². The van der Waals surface area contributed by atoms with Crippen LogP contribution in [0, 0.1) is 5.95 Å². The maximum absolute atomic E-state index is 13.6. The lowest BCUT2D eigenvalue weighted by molar-refractivity contribution is 0.311. The molecule has 0 aromatic carbocycles. The fourth-order valence-electron chi connectivity index (χ4n) is 1.89. The number of pyridine rings is 1. The van der Waals surface area contributed by atoms with Gasteiger partial charge in [-0.15, -0.1) is 0 Å². The van der Waals surface area contributed by atoms with Gasteiger partial charge in [0.05, 0.1) is 4.47 Å². The van der Waals surface area contributed by atoms with Crippen LogP contribution in [0.25, 0.3) is 0 Å². The summed E-state index contributed by atoms with van der Waals surface area (Å²) in [4.78, 5) is 7.94. The molecule has 0 radical (unpaired) electrons. The van der Waals surface area contributed by atoms with Crippen LogP contribution in [0.3, 0.4) is 0 Å². The fourth-order valence-corrected chi connectivity index (χ4v) is 2.30. The van der Waals surface area contributed by atoms with Crippen LogP contribution in [0.15, 0.2) is 10.5 Å². The van der Waals surface area contributed by atoms with Gasteiger partial charge in [-0.25, -0.2) is 4.98 Å². The third-order valence-corrected chi connectivity index (χ3v) is 3.82. The van der Waals surface area contributed by atoms with Crippen molar-refractivity contribution in [1.29, 1.82) is 0 Å². The Morgan fingerprint density at radius 2 is 1.94 bits per heavy atom. The van der Waals surface area contributed by atoms with Gasteiger partial charge >= 0.3 is 7.12 Å². The lowest BCUT2D eigenvalue weighted by Crippen LogP contribution is -2.45. The molecule has 2 rings (SSSR count). The van der Waals surface area contributed by atoms with Crippen LogP contribution in [0.4, 0.5) is 10.2 Å². The second kappa shape index (κ2) is 5.52. The Morgan fingerprint density at radius 3 is 2.50 bits per heavy atom. The molecular weight excluding hydrogens is 304 g/mol. The first-order valence-corrected chi connectivity index (χ1v) is 6.44. The topological polar surface area (TPSA) is 59.8 Å². The van der Waals surface area contributed by atoms with E-state index in [0.29, 0.717) is 5.82 Å². The van der Waals surface area contributed by atoms with E-state index in [1.807, 2.05) is 11.9 Å². The van der Waals surface area contributed by atoms with E-state index in [1.54, 1.807) is 0 Å². The highest BCUT2D eigenvalue weighted by Gasteiger charge is 2.23. The molecule has 1 aliphatic heterocycles. The van der Waals surface area contributed by atoms with E-state index >= 15 is 0 Å². The highest BCUT2D eigenvalue weighted by atomic mass is 79.9. The Bertz CT molecular complexity index is 441. The summed E-state index contributed by atoms with van der Waals surface area (Å²) in [6.45, 7) is 3.23. The van der Waals surface area contributed by atoms with Crippen LogP contribution in [0.2, 0.25) is 0 Å². The first kappa shape index (κ1) is 13.7. The highest BCUT2D eigenvalue weighted by Crippen LogP contribution is 2.18. The maximum Gasteiger partial charge on any atom is 0.489 e. The minimum Gasteiger partial charge on any atom is -0.423 e. The molecule has 2 N–H and O–H groups in total. The lowest BCUT2D eigenvalue weighted by Gasteiger charge is -2.33. The molecule has 1 saturated heterocycles. The van der Waals surface area contributed by atoms with Crippen molar-refractivity contribution in [3.63, 3.8) is 0 Å². The Hall–Kier alpha value is -0.695. The van der Waals surface area contributed by atoms with Gasteiger partial charge in [0.2, 0.25) is 5.95 Å². The van der Waals surface area contributed by atoms with E-state index in [9.17, 15) is 14.4 Å². The Morgan fingerprint density at radius 1 is 1.33 bits per heavy atom. The van der Waals surface area contributed by atoms with Crippen LogP contribution in [-0.4, -0.2) is 60.3 Å². The molecule has 0 bridgehead atoms. The van der Waals surface area contributed by atoms with E-state index in [-0.39, 0.29) is 9.94 Å². The quantitative estimate of drug-likeness (QED) is 0.564. The predicted octanol–water partition coefficient (Wildman–Crippen LogP) is -0.585. The summed E-state index contributed by atoms with van der Waals surface area (Å²) in [6, 6.07) is 1.50. The van der Waals surface area contributed by atoms with Crippen LogP contribution in [0.5, 0.6) is 0 Å². The average Bonchev–Trinajstić information content (AvgIpc) is 2.33. The molecule has 1 aliphatic rings. The number of nitrogens with zero attached hydrogens (tertiary/aromatic N) is 3. The third kappa shape index (κ3) is 2.82.